The van der Waals surface area contributed by atoms with Gasteiger partial charge in [-0.2, -0.15) is 8.42 Å². The minimum absolute atomic E-state index is 0.416. The number of nitrogens with two attached hydrogens (primary N) is 1. The average Bonchev–Trinajstić information content (AvgIpc) is 2.36. The Labute approximate surface area is 73.1 Å². The number of hydrogen-bond donors (Lipinski definition) is 2. The molecule has 1 aliphatic rings. The van der Waals surface area contributed by atoms with Gasteiger partial charge in [0.25, 0.3) is 10.2 Å². The van der Waals surface area contributed by atoms with Crippen LogP contribution in [0, 0.1) is 0 Å². The fourth-order valence-electron chi connectivity index (χ4n) is 1.35. The molecule has 5 nitrogen and oxygen atoms in total. The molecule has 0 aromatic rings. The lowest BCUT2D eigenvalue weighted by Gasteiger charge is -2.13. The molecule has 12 heavy (non-hydrogen) atoms. The van der Waals surface area contributed by atoms with Crippen molar-refractivity contribution in [2.45, 2.75) is 12.8 Å². The van der Waals surface area contributed by atoms with Crippen molar-refractivity contribution in [2.75, 3.05) is 26.2 Å². The summed E-state index contributed by atoms with van der Waals surface area (Å²) in [6.45, 7) is 3.33. The Morgan fingerprint density at radius 1 is 1.33 bits per heavy atom. The van der Waals surface area contributed by atoms with E-state index in [-0.39, 0.29) is 0 Å². The first-order valence-electron chi connectivity index (χ1n) is 4.08. The molecule has 0 spiro atoms. The monoisotopic (exact) mass is 193 g/mol. The first-order valence-corrected chi connectivity index (χ1v) is 5.62. The molecule has 0 unspecified atom stereocenters. The predicted molar refractivity (Wildman–Crippen MR) is 46.8 cm³/mol. The Hall–Kier alpha value is -0.170. The minimum Gasteiger partial charge on any atom is -0.302 e. The van der Waals surface area contributed by atoms with E-state index in [4.69, 9.17) is 5.14 Å². The minimum atomic E-state index is -3.49. The van der Waals surface area contributed by atoms with Gasteiger partial charge in [-0.05, 0) is 25.9 Å². The van der Waals surface area contributed by atoms with Gasteiger partial charge in [-0.25, -0.2) is 9.86 Å². The summed E-state index contributed by atoms with van der Waals surface area (Å²) in [6.07, 6.45) is 2.44. The van der Waals surface area contributed by atoms with Crippen LogP contribution in [0.15, 0.2) is 0 Å². The van der Waals surface area contributed by atoms with Crippen LogP contribution in [0.5, 0.6) is 0 Å². The Morgan fingerprint density at radius 2 is 1.92 bits per heavy atom. The van der Waals surface area contributed by atoms with Gasteiger partial charge >= 0.3 is 0 Å². The molecule has 1 rings (SSSR count). The van der Waals surface area contributed by atoms with Gasteiger partial charge in [0, 0.05) is 13.1 Å². The summed E-state index contributed by atoms with van der Waals surface area (Å²) in [6, 6.07) is 0. The molecule has 0 radical (unpaired) electrons. The summed E-state index contributed by atoms with van der Waals surface area (Å²) in [5, 5.41) is 4.76. The molecule has 1 heterocycles. The van der Waals surface area contributed by atoms with Gasteiger partial charge in [-0.1, -0.05) is 0 Å². The van der Waals surface area contributed by atoms with E-state index in [0.717, 1.165) is 19.6 Å². The van der Waals surface area contributed by atoms with E-state index in [0.29, 0.717) is 6.54 Å². The summed E-state index contributed by atoms with van der Waals surface area (Å²) in [4.78, 5) is 2.22. The Balaban J connectivity index is 2.09. The third-order valence-corrected chi connectivity index (χ3v) is 2.54. The first kappa shape index (κ1) is 9.91. The molecule has 0 saturated carbocycles. The average molecular weight is 193 g/mol. The van der Waals surface area contributed by atoms with Crippen LogP contribution in [0.3, 0.4) is 0 Å². The van der Waals surface area contributed by atoms with E-state index in [1.165, 1.54) is 12.8 Å². The molecule has 1 aliphatic heterocycles. The van der Waals surface area contributed by atoms with Crippen molar-refractivity contribution in [1.82, 2.24) is 9.62 Å². The molecule has 3 N–H and O–H groups in total. The molecular weight excluding hydrogens is 178 g/mol. The normalized spacial score (nSPS) is 20.1. The molecule has 0 aliphatic carbocycles. The van der Waals surface area contributed by atoms with E-state index < -0.39 is 10.2 Å². The van der Waals surface area contributed by atoms with Crippen molar-refractivity contribution >= 4 is 10.2 Å². The predicted octanol–water partition coefficient (Wildman–Crippen LogP) is -1.12. The van der Waals surface area contributed by atoms with Crippen LogP contribution in [-0.4, -0.2) is 39.5 Å². The fraction of sp³-hybridized carbons (Fsp3) is 1.00. The third-order valence-electron chi connectivity index (χ3n) is 1.93. The highest BCUT2D eigenvalue weighted by Crippen LogP contribution is 2.05. The van der Waals surface area contributed by atoms with Crippen molar-refractivity contribution in [2.24, 2.45) is 5.14 Å². The molecule has 0 aromatic carbocycles. The number of nitrogens with one attached hydrogen (secondary N) is 1. The second-order valence-electron chi connectivity index (χ2n) is 2.99. The molecule has 72 valence electrons. The van der Waals surface area contributed by atoms with Crippen LogP contribution in [0.2, 0.25) is 0 Å². The van der Waals surface area contributed by atoms with Crippen molar-refractivity contribution in [3.8, 4) is 0 Å². The number of hydrogen-bond acceptors (Lipinski definition) is 3. The molecule has 0 aromatic heterocycles. The summed E-state index contributed by atoms with van der Waals surface area (Å²) < 4.78 is 23.2. The van der Waals surface area contributed by atoms with E-state index in [1.54, 1.807) is 0 Å². The summed E-state index contributed by atoms with van der Waals surface area (Å²) >= 11 is 0. The fourth-order valence-corrected chi connectivity index (χ4v) is 1.73. The maximum atomic E-state index is 10.5. The highest BCUT2D eigenvalue weighted by atomic mass is 32.2. The van der Waals surface area contributed by atoms with Gasteiger partial charge in [0.15, 0.2) is 0 Å². The lowest BCUT2D eigenvalue weighted by Crippen LogP contribution is -2.37. The molecular formula is C6H15N3O2S. The van der Waals surface area contributed by atoms with Gasteiger partial charge in [-0.3, -0.25) is 0 Å². The van der Waals surface area contributed by atoms with Crippen LogP contribution in [0.4, 0.5) is 0 Å². The number of nitrogens with zero attached hydrogens (tertiary/aromatic N) is 1. The Bertz CT molecular complexity index is 221. The van der Waals surface area contributed by atoms with E-state index in [1.807, 2.05) is 0 Å². The van der Waals surface area contributed by atoms with E-state index in [2.05, 4.69) is 9.62 Å². The number of rotatable bonds is 4. The smallest absolute Gasteiger partial charge is 0.274 e. The standard InChI is InChI=1S/C6H15N3O2S/c7-12(10,11)8-3-6-9-4-1-2-5-9/h8H,1-6H2,(H2,7,10,11). The second-order valence-corrected chi connectivity index (χ2v) is 4.37. The van der Waals surface area contributed by atoms with Crippen LogP contribution in [0.25, 0.3) is 0 Å². The molecule has 0 amide bonds. The van der Waals surface area contributed by atoms with Crippen LogP contribution < -0.4 is 9.86 Å². The molecule has 6 heteroatoms. The third kappa shape index (κ3) is 4.01. The van der Waals surface area contributed by atoms with Crippen LogP contribution >= 0.6 is 0 Å². The summed E-state index contributed by atoms with van der Waals surface area (Å²) in [7, 11) is -3.49. The second kappa shape index (κ2) is 4.18. The van der Waals surface area contributed by atoms with Gasteiger partial charge in [0.2, 0.25) is 0 Å². The first-order chi connectivity index (χ1) is 5.58. The lowest BCUT2D eigenvalue weighted by molar-refractivity contribution is 0.344. The van der Waals surface area contributed by atoms with Gasteiger partial charge in [-0.15, -0.1) is 0 Å². The van der Waals surface area contributed by atoms with Crippen molar-refractivity contribution in [1.29, 1.82) is 0 Å². The Morgan fingerprint density at radius 3 is 2.42 bits per heavy atom. The highest BCUT2D eigenvalue weighted by Gasteiger charge is 2.11. The summed E-state index contributed by atoms with van der Waals surface area (Å²) in [5.41, 5.74) is 0. The zero-order chi connectivity index (χ0) is 9.03. The van der Waals surface area contributed by atoms with E-state index in [9.17, 15) is 8.42 Å². The summed E-state index contributed by atoms with van der Waals surface area (Å²) in [5.74, 6) is 0. The molecule has 1 fully saturated rings. The number of likely N-dealkylation sites (tertiary alicyclic amines) is 1. The maximum absolute atomic E-state index is 10.5. The molecule has 1 saturated heterocycles. The van der Waals surface area contributed by atoms with Crippen molar-refractivity contribution in [3.63, 3.8) is 0 Å². The quantitative estimate of drug-likeness (QED) is 0.593. The topological polar surface area (TPSA) is 75.4 Å². The van der Waals surface area contributed by atoms with Gasteiger partial charge < -0.3 is 4.90 Å². The maximum Gasteiger partial charge on any atom is 0.274 e. The van der Waals surface area contributed by atoms with Crippen LogP contribution in [-0.2, 0) is 10.2 Å². The molecule has 0 atom stereocenters. The Kier molecular flexibility index (Phi) is 3.45. The largest absolute Gasteiger partial charge is 0.302 e. The van der Waals surface area contributed by atoms with Crippen molar-refractivity contribution < 1.29 is 8.42 Å². The zero-order valence-corrected chi connectivity index (χ0v) is 7.81. The van der Waals surface area contributed by atoms with Crippen LogP contribution in [0.1, 0.15) is 12.8 Å². The SMILES string of the molecule is NS(=O)(=O)NCCN1CCCC1. The van der Waals surface area contributed by atoms with Gasteiger partial charge in [0.05, 0.1) is 0 Å². The zero-order valence-electron chi connectivity index (χ0n) is 6.99. The lowest BCUT2D eigenvalue weighted by atomic mass is 10.4. The van der Waals surface area contributed by atoms with Crippen molar-refractivity contribution in [3.05, 3.63) is 0 Å². The van der Waals surface area contributed by atoms with Gasteiger partial charge in [0.1, 0.15) is 0 Å². The highest BCUT2D eigenvalue weighted by molar-refractivity contribution is 7.87. The van der Waals surface area contributed by atoms with E-state index >= 15 is 0 Å². The molecule has 0 bridgehead atoms.